The molecule has 82 valence electrons. The van der Waals surface area contributed by atoms with Crippen molar-refractivity contribution in [2.75, 3.05) is 6.54 Å². The smallest absolute Gasteiger partial charge is 0.407 e. The van der Waals surface area contributed by atoms with Gasteiger partial charge in [0.1, 0.15) is 11.9 Å². The molecule has 0 aliphatic heterocycles. The van der Waals surface area contributed by atoms with E-state index in [1.165, 1.54) is 0 Å². The summed E-state index contributed by atoms with van der Waals surface area (Å²) >= 11 is 0. The molecule has 0 saturated heterocycles. The molecule has 0 radical (unpaired) electrons. The highest BCUT2D eigenvalue weighted by atomic mass is 16.6. The van der Waals surface area contributed by atoms with Gasteiger partial charge in [0.15, 0.2) is 0 Å². The van der Waals surface area contributed by atoms with Crippen LogP contribution in [0.25, 0.3) is 0 Å². The number of hydrogen-bond acceptors (Lipinski definition) is 3. The highest BCUT2D eigenvalue weighted by molar-refractivity contribution is 5.67. The molecule has 14 heavy (non-hydrogen) atoms. The van der Waals surface area contributed by atoms with Gasteiger partial charge >= 0.3 is 6.09 Å². The Morgan fingerprint density at radius 3 is 2.50 bits per heavy atom. The minimum atomic E-state index is -0.474. The van der Waals surface area contributed by atoms with Crippen LogP contribution in [-0.2, 0) is 9.53 Å². The maximum Gasteiger partial charge on any atom is 0.407 e. The molecule has 0 unspecified atom stereocenters. The van der Waals surface area contributed by atoms with Gasteiger partial charge in [-0.3, -0.25) is 0 Å². The third-order valence-electron chi connectivity index (χ3n) is 1.49. The zero-order valence-corrected chi connectivity index (χ0v) is 9.29. The first kappa shape index (κ1) is 12.9. The summed E-state index contributed by atoms with van der Waals surface area (Å²) in [6.07, 6.45) is 0.868. The SMILES string of the molecule is C[C@@H](CC=O)CNC(=O)OC(C)(C)C. The molecule has 1 N–H and O–H groups in total. The number of rotatable bonds is 4. The Morgan fingerprint density at radius 2 is 2.07 bits per heavy atom. The summed E-state index contributed by atoms with van der Waals surface area (Å²) in [4.78, 5) is 21.3. The van der Waals surface area contributed by atoms with Gasteiger partial charge in [-0.25, -0.2) is 4.79 Å². The molecule has 0 aliphatic carbocycles. The van der Waals surface area contributed by atoms with E-state index in [-0.39, 0.29) is 5.92 Å². The van der Waals surface area contributed by atoms with Crippen molar-refractivity contribution in [1.29, 1.82) is 0 Å². The number of alkyl carbamates (subject to hydrolysis) is 1. The molecule has 4 nitrogen and oxygen atoms in total. The number of nitrogens with one attached hydrogen (secondary N) is 1. The predicted molar refractivity (Wildman–Crippen MR) is 54.1 cm³/mol. The Kier molecular flexibility index (Phi) is 5.20. The highest BCUT2D eigenvalue weighted by Crippen LogP contribution is 2.06. The maximum absolute atomic E-state index is 11.1. The van der Waals surface area contributed by atoms with Crippen molar-refractivity contribution in [3.63, 3.8) is 0 Å². The number of carbonyl (C=O) groups excluding carboxylic acids is 2. The molecule has 0 bridgehead atoms. The molecule has 1 amide bonds. The van der Waals surface area contributed by atoms with Crippen LogP contribution >= 0.6 is 0 Å². The highest BCUT2D eigenvalue weighted by Gasteiger charge is 2.16. The van der Waals surface area contributed by atoms with Crippen molar-refractivity contribution < 1.29 is 14.3 Å². The van der Waals surface area contributed by atoms with Crippen LogP contribution in [0.2, 0.25) is 0 Å². The summed E-state index contributed by atoms with van der Waals surface area (Å²) in [5.74, 6) is 0.153. The molecule has 4 heteroatoms. The van der Waals surface area contributed by atoms with E-state index in [1.54, 1.807) is 20.8 Å². The normalized spacial score (nSPS) is 13.1. The number of aldehydes is 1. The second-order valence-electron chi connectivity index (χ2n) is 4.39. The monoisotopic (exact) mass is 201 g/mol. The summed E-state index contributed by atoms with van der Waals surface area (Å²) in [5, 5.41) is 2.60. The van der Waals surface area contributed by atoms with Gasteiger partial charge < -0.3 is 14.8 Å². The molecule has 0 heterocycles. The second kappa shape index (κ2) is 5.62. The van der Waals surface area contributed by atoms with E-state index in [0.717, 1.165) is 6.29 Å². The Balaban J connectivity index is 3.69. The minimum Gasteiger partial charge on any atom is -0.444 e. The Hall–Kier alpha value is -1.06. The van der Waals surface area contributed by atoms with Crippen LogP contribution in [0.5, 0.6) is 0 Å². The quantitative estimate of drug-likeness (QED) is 0.705. The molecular weight excluding hydrogens is 182 g/mol. The zero-order valence-electron chi connectivity index (χ0n) is 9.29. The lowest BCUT2D eigenvalue weighted by molar-refractivity contribution is -0.108. The average Bonchev–Trinajstić information content (AvgIpc) is 1.98. The lowest BCUT2D eigenvalue weighted by atomic mass is 10.1. The van der Waals surface area contributed by atoms with E-state index in [1.807, 2.05) is 6.92 Å². The predicted octanol–water partition coefficient (Wildman–Crippen LogP) is 1.74. The fraction of sp³-hybridized carbons (Fsp3) is 0.800. The van der Waals surface area contributed by atoms with Crippen molar-refractivity contribution in [3.8, 4) is 0 Å². The molecule has 0 aromatic heterocycles. The largest absolute Gasteiger partial charge is 0.444 e. The van der Waals surface area contributed by atoms with Gasteiger partial charge in [-0.15, -0.1) is 0 Å². The molecule has 0 spiro atoms. The molecule has 0 aliphatic rings. The van der Waals surface area contributed by atoms with E-state index in [0.29, 0.717) is 13.0 Å². The summed E-state index contributed by atoms with van der Waals surface area (Å²) in [6.45, 7) is 7.78. The van der Waals surface area contributed by atoms with Crippen molar-refractivity contribution in [2.24, 2.45) is 5.92 Å². The molecule has 0 rings (SSSR count). The van der Waals surface area contributed by atoms with Crippen LogP contribution in [0.1, 0.15) is 34.1 Å². The first-order valence-corrected chi connectivity index (χ1v) is 4.75. The average molecular weight is 201 g/mol. The first-order chi connectivity index (χ1) is 6.35. The van der Waals surface area contributed by atoms with E-state index in [2.05, 4.69) is 5.32 Å². The lowest BCUT2D eigenvalue weighted by Gasteiger charge is -2.20. The van der Waals surface area contributed by atoms with Gasteiger partial charge in [-0.1, -0.05) is 6.92 Å². The van der Waals surface area contributed by atoms with E-state index in [9.17, 15) is 9.59 Å². The van der Waals surface area contributed by atoms with Gasteiger partial charge in [0.25, 0.3) is 0 Å². The van der Waals surface area contributed by atoms with Crippen molar-refractivity contribution in [3.05, 3.63) is 0 Å². The van der Waals surface area contributed by atoms with E-state index in [4.69, 9.17) is 4.74 Å². The molecule has 0 fully saturated rings. The van der Waals surface area contributed by atoms with Crippen LogP contribution in [0.15, 0.2) is 0 Å². The summed E-state index contributed by atoms with van der Waals surface area (Å²) in [5.41, 5.74) is -0.474. The topological polar surface area (TPSA) is 55.4 Å². The van der Waals surface area contributed by atoms with E-state index >= 15 is 0 Å². The zero-order chi connectivity index (χ0) is 11.2. The molecule has 0 aromatic carbocycles. The first-order valence-electron chi connectivity index (χ1n) is 4.75. The van der Waals surface area contributed by atoms with Gasteiger partial charge in [0.2, 0.25) is 0 Å². The van der Waals surface area contributed by atoms with Gasteiger partial charge in [0, 0.05) is 13.0 Å². The third kappa shape index (κ3) is 7.58. The number of amides is 1. The van der Waals surface area contributed by atoms with Gasteiger partial charge in [-0.2, -0.15) is 0 Å². The van der Waals surface area contributed by atoms with Crippen molar-refractivity contribution >= 4 is 12.4 Å². The fourth-order valence-corrected chi connectivity index (χ4v) is 0.819. The van der Waals surface area contributed by atoms with Gasteiger partial charge in [0.05, 0.1) is 0 Å². The van der Waals surface area contributed by atoms with Crippen molar-refractivity contribution in [2.45, 2.75) is 39.7 Å². The van der Waals surface area contributed by atoms with Crippen LogP contribution in [-0.4, -0.2) is 24.5 Å². The minimum absolute atomic E-state index is 0.153. The summed E-state index contributed by atoms with van der Waals surface area (Å²) in [6, 6.07) is 0. The van der Waals surface area contributed by atoms with Crippen LogP contribution in [0.3, 0.4) is 0 Å². The Morgan fingerprint density at radius 1 is 1.50 bits per heavy atom. The van der Waals surface area contributed by atoms with Crippen LogP contribution < -0.4 is 5.32 Å². The van der Waals surface area contributed by atoms with Crippen LogP contribution in [0.4, 0.5) is 4.79 Å². The number of hydrogen-bond donors (Lipinski definition) is 1. The van der Waals surface area contributed by atoms with E-state index < -0.39 is 11.7 Å². The molecule has 1 atom stereocenters. The molecule has 0 saturated carbocycles. The summed E-state index contributed by atoms with van der Waals surface area (Å²) in [7, 11) is 0. The third-order valence-corrected chi connectivity index (χ3v) is 1.49. The lowest BCUT2D eigenvalue weighted by Crippen LogP contribution is -2.34. The fourth-order valence-electron chi connectivity index (χ4n) is 0.819. The van der Waals surface area contributed by atoms with Gasteiger partial charge in [-0.05, 0) is 26.7 Å². The second-order valence-corrected chi connectivity index (χ2v) is 4.39. The Bertz CT molecular complexity index is 196. The van der Waals surface area contributed by atoms with Crippen LogP contribution in [0, 0.1) is 5.92 Å². The summed E-state index contributed by atoms with van der Waals surface area (Å²) < 4.78 is 5.03. The standard InChI is InChI=1S/C10H19NO3/c1-8(5-6-12)7-11-9(13)14-10(2,3)4/h6,8H,5,7H2,1-4H3,(H,11,13)/t8-/m0/s1. The molecule has 0 aromatic rings. The number of ether oxygens (including phenoxy) is 1. The maximum atomic E-state index is 11.1. The molecular formula is C10H19NO3. The van der Waals surface area contributed by atoms with Crippen molar-refractivity contribution in [1.82, 2.24) is 5.32 Å². The number of carbonyl (C=O) groups is 2. The Labute approximate surface area is 85.0 Å².